The lowest BCUT2D eigenvalue weighted by Gasteiger charge is -2.12. The van der Waals surface area contributed by atoms with Crippen molar-refractivity contribution in [2.75, 3.05) is 32.0 Å². The molecule has 2 aromatic carbocycles. The van der Waals surface area contributed by atoms with E-state index >= 15 is 0 Å². The van der Waals surface area contributed by atoms with E-state index in [1.165, 1.54) is 18.2 Å². The third kappa shape index (κ3) is 7.28. The van der Waals surface area contributed by atoms with Crippen molar-refractivity contribution < 1.29 is 17.5 Å². The van der Waals surface area contributed by atoms with Crippen molar-refractivity contribution in [2.45, 2.75) is 18.4 Å². The summed E-state index contributed by atoms with van der Waals surface area (Å²) in [7, 11) is -3.71. The lowest BCUT2D eigenvalue weighted by atomic mass is 10.2. The zero-order valence-corrected chi connectivity index (χ0v) is 16.7. The van der Waals surface area contributed by atoms with E-state index in [1.807, 2.05) is 37.3 Å². The smallest absolute Gasteiger partial charge is 0.191 e. The van der Waals surface area contributed by atoms with E-state index in [-0.39, 0.29) is 17.2 Å². The fraction of sp³-hybridized carbons (Fsp3) is 0.350. The van der Waals surface area contributed by atoms with Crippen LogP contribution in [-0.2, 0) is 21.2 Å². The quantitative estimate of drug-likeness (QED) is 0.359. The van der Waals surface area contributed by atoms with Crippen LogP contribution in [0, 0.1) is 5.82 Å². The van der Waals surface area contributed by atoms with E-state index in [1.54, 1.807) is 0 Å². The molecule has 0 unspecified atom stereocenters. The zero-order valence-electron chi connectivity index (χ0n) is 15.9. The van der Waals surface area contributed by atoms with Crippen LogP contribution in [0.5, 0.6) is 0 Å². The molecule has 2 N–H and O–H groups in total. The van der Waals surface area contributed by atoms with Crippen molar-refractivity contribution in [1.82, 2.24) is 10.6 Å². The van der Waals surface area contributed by atoms with E-state index in [4.69, 9.17) is 4.74 Å². The highest BCUT2D eigenvalue weighted by Crippen LogP contribution is 2.14. The minimum Gasteiger partial charge on any atom is -0.375 e. The van der Waals surface area contributed by atoms with Crippen LogP contribution in [0.2, 0.25) is 0 Å². The second-order valence-corrected chi connectivity index (χ2v) is 8.05. The van der Waals surface area contributed by atoms with Crippen LogP contribution in [-0.4, -0.2) is 46.4 Å². The summed E-state index contributed by atoms with van der Waals surface area (Å²) in [6.45, 7) is 4.06. The summed E-state index contributed by atoms with van der Waals surface area (Å²) in [5.41, 5.74) is 1.09. The number of aliphatic imine (C=N–C) groups is 1. The molecule has 2 aromatic rings. The molecule has 152 valence electrons. The molecule has 0 heterocycles. The minimum absolute atomic E-state index is 0.118. The molecule has 28 heavy (non-hydrogen) atoms. The molecule has 0 aromatic heterocycles. The van der Waals surface area contributed by atoms with Crippen molar-refractivity contribution in [2.24, 2.45) is 4.99 Å². The van der Waals surface area contributed by atoms with E-state index in [9.17, 15) is 12.8 Å². The lowest BCUT2D eigenvalue weighted by molar-refractivity contribution is 0.128. The maximum atomic E-state index is 13.7. The average molecular weight is 408 g/mol. The van der Waals surface area contributed by atoms with Gasteiger partial charge < -0.3 is 15.4 Å². The molecule has 0 aliphatic heterocycles. The van der Waals surface area contributed by atoms with Gasteiger partial charge in [-0.15, -0.1) is 0 Å². The lowest BCUT2D eigenvalue weighted by Crippen LogP contribution is -2.39. The van der Waals surface area contributed by atoms with Crippen molar-refractivity contribution in [3.05, 3.63) is 66.0 Å². The van der Waals surface area contributed by atoms with Gasteiger partial charge in [-0.1, -0.05) is 42.5 Å². The first-order valence-corrected chi connectivity index (χ1v) is 10.8. The van der Waals surface area contributed by atoms with Crippen molar-refractivity contribution in [3.8, 4) is 0 Å². The van der Waals surface area contributed by atoms with Gasteiger partial charge in [0.05, 0.1) is 25.5 Å². The molecule has 6 nitrogen and oxygen atoms in total. The van der Waals surface area contributed by atoms with Gasteiger partial charge in [-0.25, -0.2) is 12.8 Å². The first-order chi connectivity index (χ1) is 13.5. The van der Waals surface area contributed by atoms with Crippen LogP contribution in [0.25, 0.3) is 0 Å². The van der Waals surface area contributed by atoms with Gasteiger partial charge in [0, 0.05) is 13.1 Å². The largest absolute Gasteiger partial charge is 0.375 e. The number of sulfone groups is 1. The predicted octanol–water partition coefficient (Wildman–Crippen LogP) is 2.37. The van der Waals surface area contributed by atoms with Gasteiger partial charge in [0.1, 0.15) is 10.7 Å². The fourth-order valence-electron chi connectivity index (χ4n) is 2.44. The van der Waals surface area contributed by atoms with E-state index in [0.29, 0.717) is 32.3 Å². The van der Waals surface area contributed by atoms with Crippen LogP contribution < -0.4 is 10.6 Å². The fourth-order valence-corrected chi connectivity index (χ4v) is 3.68. The summed E-state index contributed by atoms with van der Waals surface area (Å²) in [5.74, 6) is -0.476. The first kappa shape index (κ1) is 21.8. The normalized spacial score (nSPS) is 12.0. The predicted molar refractivity (Wildman–Crippen MR) is 109 cm³/mol. The number of nitrogens with one attached hydrogen (secondary N) is 2. The second-order valence-electron chi connectivity index (χ2n) is 5.97. The van der Waals surface area contributed by atoms with Crippen LogP contribution >= 0.6 is 0 Å². The van der Waals surface area contributed by atoms with Gasteiger partial charge >= 0.3 is 0 Å². The molecule has 2 rings (SSSR count). The van der Waals surface area contributed by atoms with E-state index < -0.39 is 15.7 Å². The second kappa shape index (κ2) is 11.4. The van der Waals surface area contributed by atoms with Gasteiger partial charge in [0.15, 0.2) is 15.8 Å². The van der Waals surface area contributed by atoms with Crippen LogP contribution in [0.1, 0.15) is 12.5 Å². The SMILES string of the molecule is CCNC(=NCCOCc1ccccc1)NCCS(=O)(=O)c1ccccc1F. The van der Waals surface area contributed by atoms with Crippen molar-refractivity contribution >= 4 is 15.8 Å². The number of hydrogen-bond donors (Lipinski definition) is 2. The Bertz CT molecular complexity index is 858. The molecule has 0 aliphatic carbocycles. The van der Waals surface area contributed by atoms with E-state index in [0.717, 1.165) is 11.6 Å². The Morgan fingerprint density at radius 1 is 1.07 bits per heavy atom. The summed E-state index contributed by atoms with van der Waals surface area (Å²) in [6.07, 6.45) is 0. The Morgan fingerprint density at radius 2 is 1.79 bits per heavy atom. The number of guanidine groups is 1. The molecule has 0 fully saturated rings. The van der Waals surface area contributed by atoms with Crippen LogP contribution in [0.4, 0.5) is 4.39 Å². The van der Waals surface area contributed by atoms with Crippen LogP contribution in [0.15, 0.2) is 64.5 Å². The highest BCUT2D eigenvalue weighted by atomic mass is 32.2. The summed E-state index contributed by atoms with van der Waals surface area (Å²) in [5, 5.41) is 6.00. The molecule has 0 atom stereocenters. The number of ether oxygens (including phenoxy) is 1. The van der Waals surface area contributed by atoms with Crippen molar-refractivity contribution in [3.63, 3.8) is 0 Å². The van der Waals surface area contributed by atoms with Gasteiger partial charge in [0.2, 0.25) is 0 Å². The van der Waals surface area contributed by atoms with E-state index in [2.05, 4.69) is 15.6 Å². The van der Waals surface area contributed by atoms with Crippen molar-refractivity contribution in [1.29, 1.82) is 0 Å². The summed E-state index contributed by atoms with van der Waals surface area (Å²) in [6, 6.07) is 15.2. The molecule has 0 amide bonds. The summed E-state index contributed by atoms with van der Waals surface area (Å²) in [4.78, 5) is 4.07. The van der Waals surface area contributed by atoms with Crippen LogP contribution in [0.3, 0.4) is 0 Å². The van der Waals surface area contributed by atoms with Gasteiger partial charge in [0.25, 0.3) is 0 Å². The summed E-state index contributed by atoms with van der Waals surface area (Å²) >= 11 is 0. The number of benzene rings is 2. The Kier molecular flexibility index (Phi) is 8.90. The number of hydrogen-bond acceptors (Lipinski definition) is 4. The maximum absolute atomic E-state index is 13.7. The molecule has 0 spiro atoms. The molecule has 0 radical (unpaired) electrons. The highest BCUT2D eigenvalue weighted by Gasteiger charge is 2.18. The molecule has 8 heteroatoms. The standard InChI is InChI=1S/C20H26FN3O3S/c1-2-22-20(23-12-14-27-16-17-8-4-3-5-9-17)24-13-15-28(25,26)19-11-7-6-10-18(19)21/h3-11H,2,12-16H2,1H3,(H2,22,23,24). The summed E-state index contributed by atoms with van der Waals surface area (Å²) < 4.78 is 43.8. The highest BCUT2D eigenvalue weighted by molar-refractivity contribution is 7.91. The Morgan fingerprint density at radius 3 is 2.50 bits per heavy atom. The Hall–Kier alpha value is -2.45. The molecular weight excluding hydrogens is 381 g/mol. The Labute approximate surface area is 165 Å². The molecule has 0 saturated heterocycles. The third-order valence-electron chi connectivity index (χ3n) is 3.80. The van der Waals surface area contributed by atoms with Gasteiger partial charge in [-0.2, -0.15) is 0 Å². The zero-order chi connectivity index (χ0) is 20.2. The average Bonchev–Trinajstić information content (AvgIpc) is 2.68. The molecule has 0 aliphatic rings. The topological polar surface area (TPSA) is 79.8 Å². The molecule has 0 saturated carbocycles. The minimum atomic E-state index is -3.71. The number of rotatable bonds is 10. The van der Waals surface area contributed by atoms with Gasteiger partial charge in [-0.3, -0.25) is 4.99 Å². The van der Waals surface area contributed by atoms with Gasteiger partial charge in [-0.05, 0) is 24.6 Å². The first-order valence-electron chi connectivity index (χ1n) is 9.14. The molecular formula is C20H26FN3O3S. The number of halogens is 1. The monoisotopic (exact) mass is 407 g/mol. The Balaban J connectivity index is 1.78. The molecule has 0 bridgehead atoms. The third-order valence-corrected chi connectivity index (χ3v) is 5.54. The maximum Gasteiger partial charge on any atom is 0.191 e. The number of nitrogens with zero attached hydrogens (tertiary/aromatic N) is 1.